The molecular weight excluding hydrogens is 272 g/mol. The van der Waals surface area contributed by atoms with E-state index in [-0.39, 0.29) is 0 Å². The van der Waals surface area contributed by atoms with Crippen molar-refractivity contribution in [2.24, 2.45) is 0 Å². The van der Waals surface area contributed by atoms with Gasteiger partial charge in [-0.15, -0.1) is 11.3 Å². The van der Waals surface area contributed by atoms with Gasteiger partial charge in [0.2, 0.25) is 0 Å². The first-order valence-corrected chi connectivity index (χ1v) is 8.08. The summed E-state index contributed by atoms with van der Waals surface area (Å²) in [5, 5.41) is 4.53. The molecule has 0 unspecified atom stereocenters. The molecule has 20 heavy (non-hydrogen) atoms. The number of piperidine rings is 1. The summed E-state index contributed by atoms with van der Waals surface area (Å²) in [5.41, 5.74) is 0. The van der Waals surface area contributed by atoms with Crippen LogP contribution in [0, 0.1) is 0 Å². The van der Waals surface area contributed by atoms with Crippen molar-refractivity contribution in [3.8, 4) is 0 Å². The molecule has 114 valence electrons. The van der Waals surface area contributed by atoms with Crippen molar-refractivity contribution in [3.63, 3.8) is 0 Å². The molecule has 0 atom stereocenters. The Labute approximate surface area is 125 Å². The Bertz CT molecular complexity index is 388. The van der Waals surface area contributed by atoms with Crippen molar-refractivity contribution in [3.05, 3.63) is 11.1 Å². The van der Waals surface area contributed by atoms with Crippen molar-refractivity contribution in [1.82, 2.24) is 15.2 Å². The minimum Gasteiger partial charge on any atom is -0.383 e. The van der Waals surface area contributed by atoms with Gasteiger partial charge in [-0.05, 0) is 26.9 Å². The maximum absolute atomic E-state index is 5.02. The van der Waals surface area contributed by atoms with E-state index < -0.39 is 0 Å². The SMILES string of the molecule is COCCNCc1cnc(N2CCC(N(C)C)CC2)s1. The molecule has 0 spiro atoms. The van der Waals surface area contributed by atoms with Crippen LogP contribution in [0.25, 0.3) is 0 Å². The van der Waals surface area contributed by atoms with Gasteiger partial charge in [-0.25, -0.2) is 4.98 Å². The number of hydrogen-bond donors (Lipinski definition) is 1. The Morgan fingerprint density at radius 3 is 2.85 bits per heavy atom. The molecule has 0 radical (unpaired) electrons. The van der Waals surface area contributed by atoms with Gasteiger partial charge in [0.1, 0.15) is 0 Å². The molecule has 1 fully saturated rings. The smallest absolute Gasteiger partial charge is 0.185 e. The van der Waals surface area contributed by atoms with Gasteiger partial charge < -0.3 is 19.9 Å². The van der Waals surface area contributed by atoms with Crippen LogP contribution < -0.4 is 10.2 Å². The molecule has 0 aliphatic carbocycles. The third kappa shape index (κ3) is 4.41. The Hall–Kier alpha value is -0.690. The summed E-state index contributed by atoms with van der Waals surface area (Å²) in [6.45, 7) is 4.76. The first kappa shape index (κ1) is 15.7. The van der Waals surface area contributed by atoms with Gasteiger partial charge in [0.05, 0.1) is 6.61 Å². The number of methoxy groups -OCH3 is 1. The first-order valence-electron chi connectivity index (χ1n) is 7.26. The maximum Gasteiger partial charge on any atom is 0.185 e. The third-order valence-corrected chi connectivity index (χ3v) is 4.85. The van der Waals surface area contributed by atoms with E-state index in [1.54, 1.807) is 18.4 Å². The predicted octanol–water partition coefficient (Wildman–Crippen LogP) is 1.41. The van der Waals surface area contributed by atoms with E-state index in [4.69, 9.17) is 4.74 Å². The zero-order valence-corrected chi connectivity index (χ0v) is 13.6. The summed E-state index contributed by atoms with van der Waals surface area (Å²) in [7, 11) is 6.07. The molecule has 0 bridgehead atoms. The highest BCUT2D eigenvalue weighted by Gasteiger charge is 2.22. The maximum atomic E-state index is 5.02. The molecule has 0 saturated carbocycles. The molecule has 1 aliphatic heterocycles. The van der Waals surface area contributed by atoms with E-state index in [0.29, 0.717) is 0 Å². The molecule has 1 aromatic rings. The van der Waals surface area contributed by atoms with Crippen molar-refractivity contribution in [2.75, 3.05) is 52.3 Å². The average molecular weight is 298 g/mol. The fraction of sp³-hybridized carbons (Fsp3) is 0.786. The van der Waals surface area contributed by atoms with Gasteiger partial charge in [0, 0.05) is 50.4 Å². The first-order chi connectivity index (χ1) is 9.70. The highest BCUT2D eigenvalue weighted by Crippen LogP contribution is 2.26. The summed E-state index contributed by atoms with van der Waals surface area (Å²) in [6, 6.07) is 0.724. The molecule has 1 N–H and O–H groups in total. The van der Waals surface area contributed by atoms with Crippen LogP contribution in [-0.2, 0) is 11.3 Å². The lowest BCUT2D eigenvalue weighted by Crippen LogP contribution is -2.41. The average Bonchev–Trinajstić information content (AvgIpc) is 2.92. The zero-order chi connectivity index (χ0) is 14.4. The summed E-state index contributed by atoms with van der Waals surface area (Å²) >= 11 is 1.80. The third-order valence-electron chi connectivity index (χ3n) is 3.79. The molecule has 6 heteroatoms. The van der Waals surface area contributed by atoms with Gasteiger partial charge in [0.15, 0.2) is 5.13 Å². The summed E-state index contributed by atoms with van der Waals surface area (Å²) in [6.07, 6.45) is 4.46. The van der Waals surface area contributed by atoms with Crippen LogP contribution in [0.3, 0.4) is 0 Å². The standard InChI is InChI=1S/C14H26N4OS/c1-17(2)12-4-7-18(8-5-12)14-16-11-13(20-14)10-15-6-9-19-3/h11-12,15H,4-10H2,1-3H3. The minimum absolute atomic E-state index is 0.724. The van der Waals surface area contributed by atoms with E-state index in [1.165, 1.54) is 22.9 Å². The molecule has 0 amide bonds. The molecule has 2 heterocycles. The van der Waals surface area contributed by atoms with Crippen LogP contribution in [0.4, 0.5) is 5.13 Å². The van der Waals surface area contributed by atoms with Gasteiger partial charge in [-0.3, -0.25) is 0 Å². The highest BCUT2D eigenvalue weighted by atomic mass is 32.1. The fourth-order valence-electron chi connectivity index (χ4n) is 2.48. The minimum atomic E-state index is 0.724. The second-order valence-corrected chi connectivity index (χ2v) is 6.55. The van der Waals surface area contributed by atoms with Gasteiger partial charge >= 0.3 is 0 Å². The zero-order valence-electron chi connectivity index (χ0n) is 12.8. The summed E-state index contributed by atoms with van der Waals surface area (Å²) in [4.78, 5) is 10.6. The van der Waals surface area contributed by atoms with E-state index in [2.05, 4.69) is 34.2 Å². The monoisotopic (exact) mass is 298 g/mol. The molecule has 1 aromatic heterocycles. The topological polar surface area (TPSA) is 40.6 Å². The number of nitrogens with one attached hydrogen (secondary N) is 1. The van der Waals surface area contributed by atoms with Crippen LogP contribution >= 0.6 is 11.3 Å². The Kier molecular flexibility index (Phi) is 6.22. The molecule has 0 aromatic carbocycles. The number of thiazole rings is 1. The number of hydrogen-bond acceptors (Lipinski definition) is 6. The Morgan fingerprint density at radius 1 is 1.45 bits per heavy atom. The number of anilines is 1. The van der Waals surface area contributed by atoms with Crippen LogP contribution in [-0.4, -0.2) is 63.4 Å². The quantitative estimate of drug-likeness (QED) is 0.771. The fourth-order valence-corrected chi connectivity index (χ4v) is 3.42. The second-order valence-electron chi connectivity index (χ2n) is 5.46. The lowest BCUT2D eigenvalue weighted by molar-refractivity contribution is 0.199. The molecular formula is C14H26N4OS. The van der Waals surface area contributed by atoms with Crippen molar-refractivity contribution in [2.45, 2.75) is 25.4 Å². The molecule has 5 nitrogen and oxygen atoms in total. The van der Waals surface area contributed by atoms with Gasteiger partial charge in [-0.2, -0.15) is 0 Å². The Balaban J connectivity index is 1.78. The summed E-state index contributed by atoms with van der Waals surface area (Å²) in [5.74, 6) is 0. The van der Waals surface area contributed by atoms with Crippen LogP contribution in [0.2, 0.25) is 0 Å². The van der Waals surface area contributed by atoms with Gasteiger partial charge in [-0.1, -0.05) is 0 Å². The molecule has 1 saturated heterocycles. The van der Waals surface area contributed by atoms with Gasteiger partial charge in [0.25, 0.3) is 0 Å². The summed E-state index contributed by atoms with van der Waals surface area (Å²) < 4.78 is 5.02. The second kappa shape index (κ2) is 7.93. The number of ether oxygens (including phenoxy) is 1. The lowest BCUT2D eigenvalue weighted by atomic mass is 10.0. The normalized spacial score (nSPS) is 17.1. The van der Waals surface area contributed by atoms with E-state index in [0.717, 1.165) is 38.8 Å². The molecule has 1 aliphatic rings. The van der Waals surface area contributed by atoms with Crippen molar-refractivity contribution >= 4 is 16.5 Å². The lowest BCUT2D eigenvalue weighted by Gasteiger charge is -2.35. The highest BCUT2D eigenvalue weighted by molar-refractivity contribution is 7.15. The van der Waals surface area contributed by atoms with Crippen molar-refractivity contribution < 1.29 is 4.74 Å². The van der Waals surface area contributed by atoms with E-state index in [9.17, 15) is 0 Å². The molecule has 2 rings (SSSR count). The number of rotatable bonds is 7. The number of nitrogens with zero attached hydrogens (tertiary/aromatic N) is 3. The van der Waals surface area contributed by atoms with Crippen molar-refractivity contribution in [1.29, 1.82) is 0 Å². The van der Waals surface area contributed by atoms with E-state index in [1.807, 2.05) is 6.20 Å². The van der Waals surface area contributed by atoms with Crippen LogP contribution in [0.15, 0.2) is 6.20 Å². The number of aromatic nitrogens is 1. The van der Waals surface area contributed by atoms with Crippen LogP contribution in [0.5, 0.6) is 0 Å². The Morgan fingerprint density at radius 2 is 2.20 bits per heavy atom. The van der Waals surface area contributed by atoms with Crippen LogP contribution in [0.1, 0.15) is 17.7 Å². The van der Waals surface area contributed by atoms with E-state index >= 15 is 0 Å². The predicted molar refractivity (Wildman–Crippen MR) is 84.6 cm³/mol. The largest absolute Gasteiger partial charge is 0.383 e.